The molecule has 2 saturated heterocycles. The minimum atomic E-state index is -0.128. The number of hydrogen-bond donors (Lipinski definition) is 0. The van der Waals surface area contributed by atoms with Gasteiger partial charge in [0.05, 0.1) is 5.41 Å². The van der Waals surface area contributed by atoms with Crippen molar-refractivity contribution < 1.29 is 4.79 Å². The fourth-order valence-electron chi connectivity index (χ4n) is 5.38. The average Bonchev–Trinajstić information content (AvgIpc) is 3.10. The highest BCUT2D eigenvalue weighted by Crippen LogP contribution is 2.41. The Morgan fingerprint density at radius 3 is 2.59 bits per heavy atom. The first kappa shape index (κ1) is 18.9. The second-order valence-corrected chi connectivity index (χ2v) is 8.96. The number of aromatic nitrogens is 2. The van der Waals surface area contributed by atoms with Crippen molar-refractivity contribution in [1.29, 1.82) is 0 Å². The van der Waals surface area contributed by atoms with Crippen LogP contribution < -0.4 is 0 Å². The summed E-state index contributed by atoms with van der Waals surface area (Å²) in [6.07, 6.45) is 14.7. The summed E-state index contributed by atoms with van der Waals surface area (Å²) < 4.78 is 0. The van der Waals surface area contributed by atoms with E-state index >= 15 is 0 Å². The summed E-state index contributed by atoms with van der Waals surface area (Å²) in [6.45, 7) is 6.84. The van der Waals surface area contributed by atoms with Gasteiger partial charge in [0.1, 0.15) is 5.82 Å². The van der Waals surface area contributed by atoms with Crippen LogP contribution in [-0.2, 0) is 17.8 Å². The fraction of sp³-hybridized carbons (Fsp3) is 0.773. The smallest absolute Gasteiger partial charge is 0.230 e. The Morgan fingerprint density at radius 1 is 1.07 bits per heavy atom. The van der Waals surface area contributed by atoms with Crippen LogP contribution >= 0.6 is 0 Å². The molecule has 1 saturated carbocycles. The van der Waals surface area contributed by atoms with Crippen LogP contribution in [0.2, 0.25) is 0 Å². The molecule has 1 aliphatic carbocycles. The van der Waals surface area contributed by atoms with Crippen LogP contribution in [0.25, 0.3) is 0 Å². The zero-order valence-corrected chi connectivity index (χ0v) is 16.8. The third kappa shape index (κ3) is 4.18. The number of nitrogens with zero attached hydrogens (tertiary/aromatic N) is 4. The molecule has 0 unspecified atom stereocenters. The number of carbonyl (C=O) groups is 1. The van der Waals surface area contributed by atoms with E-state index in [0.717, 1.165) is 69.3 Å². The highest BCUT2D eigenvalue weighted by molar-refractivity contribution is 5.84. The molecule has 0 N–H and O–H groups in total. The first-order chi connectivity index (χ1) is 13.2. The molecule has 1 aromatic rings. The molecule has 3 heterocycles. The molecule has 0 aromatic carbocycles. The molecule has 0 bridgehead atoms. The molecule has 2 aliphatic heterocycles. The summed E-state index contributed by atoms with van der Waals surface area (Å²) in [6, 6.07) is 0. The van der Waals surface area contributed by atoms with E-state index in [9.17, 15) is 4.79 Å². The van der Waals surface area contributed by atoms with E-state index in [1.54, 1.807) is 0 Å². The first-order valence-electron chi connectivity index (χ1n) is 11.0. The SMILES string of the molecule is CCc1ncc(CN2CC[C@]3(CCCN(CC4CCCCC4)C3=O)C2)cn1. The number of hydrogen-bond acceptors (Lipinski definition) is 4. The number of carbonyl (C=O) groups excluding carboxylic acids is 1. The van der Waals surface area contributed by atoms with Crippen LogP contribution in [0.4, 0.5) is 0 Å². The van der Waals surface area contributed by atoms with Gasteiger partial charge in [-0.2, -0.15) is 0 Å². The number of amides is 1. The predicted octanol–water partition coefficient (Wildman–Crippen LogP) is 3.43. The van der Waals surface area contributed by atoms with Crippen molar-refractivity contribution in [3.8, 4) is 0 Å². The van der Waals surface area contributed by atoms with Gasteiger partial charge in [0.15, 0.2) is 0 Å². The van der Waals surface area contributed by atoms with Crippen LogP contribution in [-0.4, -0.2) is 51.9 Å². The zero-order valence-electron chi connectivity index (χ0n) is 16.8. The lowest BCUT2D eigenvalue weighted by Gasteiger charge is -2.41. The van der Waals surface area contributed by atoms with E-state index in [1.165, 1.54) is 38.5 Å². The second kappa shape index (κ2) is 8.26. The Kier molecular flexibility index (Phi) is 5.76. The van der Waals surface area contributed by atoms with Gasteiger partial charge in [-0.05, 0) is 44.6 Å². The maximum Gasteiger partial charge on any atom is 0.230 e. The topological polar surface area (TPSA) is 49.3 Å². The van der Waals surface area contributed by atoms with Gasteiger partial charge >= 0.3 is 0 Å². The Labute approximate surface area is 163 Å². The van der Waals surface area contributed by atoms with Crippen molar-refractivity contribution in [2.75, 3.05) is 26.2 Å². The summed E-state index contributed by atoms with van der Waals surface area (Å²) >= 11 is 0. The zero-order chi connectivity index (χ0) is 18.7. The predicted molar refractivity (Wildman–Crippen MR) is 106 cm³/mol. The van der Waals surface area contributed by atoms with Crippen LogP contribution in [0.3, 0.4) is 0 Å². The Balaban J connectivity index is 1.36. The Morgan fingerprint density at radius 2 is 1.85 bits per heavy atom. The Bertz CT molecular complexity index is 640. The third-order valence-electron chi connectivity index (χ3n) is 6.94. The van der Waals surface area contributed by atoms with Gasteiger partial charge < -0.3 is 4.90 Å². The highest BCUT2D eigenvalue weighted by Gasteiger charge is 2.48. The molecule has 148 valence electrons. The maximum absolute atomic E-state index is 13.4. The maximum atomic E-state index is 13.4. The van der Waals surface area contributed by atoms with Crippen LogP contribution in [0.15, 0.2) is 12.4 Å². The lowest BCUT2D eigenvalue weighted by atomic mass is 9.77. The molecule has 4 rings (SSSR count). The van der Waals surface area contributed by atoms with Crippen molar-refractivity contribution in [3.05, 3.63) is 23.8 Å². The van der Waals surface area contributed by atoms with Gasteiger partial charge in [0.25, 0.3) is 0 Å². The van der Waals surface area contributed by atoms with Crippen LogP contribution in [0.1, 0.15) is 69.7 Å². The summed E-state index contributed by atoms with van der Waals surface area (Å²) in [4.78, 5) is 26.9. The van der Waals surface area contributed by atoms with Crippen molar-refractivity contribution in [2.24, 2.45) is 11.3 Å². The number of aryl methyl sites for hydroxylation is 1. The van der Waals surface area contributed by atoms with E-state index in [0.29, 0.717) is 5.91 Å². The molecular formula is C22H34N4O. The first-order valence-corrected chi connectivity index (χ1v) is 11.0. The second-order valence-electron chi connectivity index (χ2n) is 8.96. The van der Waals surface area contributed by atoms with E-state index < -0.39 is 0 Å². The number of rotatable bonds is 5. The lowest BCUT2D eigenvalue weighted by molar-refractivity contribution is -0.146. The molecule has 0 radical (unpaired) electrons. The molecule has 3 fully saturated rings. The highest BCUT2D eigenvalue weighted by atomic mass is 16.2. The van der Waals surface area contributed by atoms with E-state index in [2.05, 4.69) is 26.7 Å². The van der Waals surface area contributed by atoms with Gasteiger partial charge in [-0.25, -0.2) is 9.97 Å². The standard InChI is InChI=1S/C22H34N4O/c1-2-20-23-13-19(14-24-20)15-25-12-10-22(17-25)9-6-11-26(21(22)27)16-18-7-4-3-5-8-18/h13-14,18H,2-12,15-17H2,1H3/t22-/m1/s1. The minimum absolute atomic E-state index is 0.128. The molecule has 1 amide bonds. The van der Waals surface area contributed by atoms with Gasteiger partial charge in [-0.1, -0.05) is 26.2 Å². The third-order valence-corrected chi connectivity index (χ3v) is 6.94. The number of piperidine rings is 1. The normalized spacial score (nSPS) is 27.6. The van der Waals surface area contributed by atoms with Gasteiger partial charge in [-0.15, -0.1) is 0 Å². The average molecular weight is 371 g/mol. The quantitative estimate of drug-likeness (QED) is 0.797. The van der Waals surface area contributed by atoms with E-state index in [1.807, 2.05) is 12.4 Å². The molecule has 1 spiro atoms. The lowest BCUT2D eigenvalue weighted by Crippen LogP contribution is -2.51. The fourth-order valence-corrected chi connectivity index (χ4v) is 5.38. The van der Waals surface area contributed by atoms with Crippen LogP contribution in [0.5, 0.6) is 0 Å². The largest absolute Gasteiger partial charge is 0.342 e. The molecule has 1 aromatic heterocycles. The summed E-state index contributed by atoms with van der Waals surface area (Å²) in [5.41, 5.74) is 1.03. The molecule has 5 heteroatoms. The molecule has 1 atom stereocenters. The van der Waals surface area contributed by atoms with E-state index in [4.69, 9.17) is 0 Å². The van der Waals surface area contributed by atoms with Gasteiger partial charge in [0.2, 0.25) is 5.91 Å². The van der Waals surface area contributed by atoms with Crippen molar-refractivity contribution in [1.82, 2.24) is 19.8 Å². The van der Waals surface area contributed by atoms with Crippen LogP contribution in [0, 0.1) is 11.3 Å². The summed E-state index contributed by atoms with van der Waals surface area (Å²) in [5, 5.41) is 0. The monoisotopic (exact) mass is 370 g/mol. The molecule has 27 heavy (non-hydrogen) atoms. The van der Waals surface area contributed by atoms with Crippen molar-refractivity contribution in [2.45, 2.75) is 71.3 Å². The van der Waals surface area contributed by atoms with Crippen molar-refractivity contribution >= 4 is 5.91 Å². The number of likely N-dealkylation sites (tertiary alicyclic amines) is 2. The van der Waals surface area contributed by atoms with Crippen molar-refractivity contribution in [3.63, 3.8) is 0 Å². The van der Waals surface area contributed by atoms with Gasteiger partial charge in [0, 0.05) is 50.6 Å². The molecule has 5 nitrogen and oxygen atoms in total. The Hall–Kier alpha value is -1.49. The van der Waals surface area contributed by atoms with E-state index in [-0.39, 0.29) is 5.41 Å². The molecular weight excluding hydrogens is 336 g/mol. The molecule has 3 aliphatic rings. The van der Waals surface area contributed by atoms with Gasteiger partial charge in [-0.3, -0.25) is 9.69 Å². The summed E-state index contributed by atoms with van der Waals surface area (Å²) in [7, 11) is 0. The minimum Gasteiger partial charge on any atom is -0.342 e. The summed E-state index contributed by atoms with van der Waals surface area (Å²) in [5.74, 6) is 2.08.